The number of benzene rings is 2. The molecule has 2 aromatic heterocycles. The Balaban J connectivity index is 1.66. The summed E-state index contributed by atoms with van der Waals surface area (Å²) in [5.74, 6) is 0.0495. The summed E-state index contributed by atoms with van der Waals surface area (Å²) in [5.41, 5.74) is -0.433. The van der Waals surface area contributed by atoms with E-state index in [-0.39, 0.29) is 17.7 Å². The summed E-state index contributed by atoms with van der Waals surface area (Å²) in [6, 6.07) is 11.7. The predicted octanol–water partition coefficient (Wildman–Crippen LogP) is 5.13. The third-order valence-corrected chi connectivity index (χ3v) is 4.09. The zero-order chi connectivity index (χ0) is 19.7. The standard InChI is InChI=1S/C20H13F4N3O/c21-14-6-7-17(18(8-14)20(22,23)24)13-9-25-19-26-15(11-27(19)10-13)12-28-16-4-2-1-3-5-16/h1-11H,12H2. The number of imidazole rings is 1. The van der Waals surface area contributed by atoms with E-state index in [1.807, 2.05) is 18.2 Å². The maximum absolute atomic E-state index is 13.3. The second-order valence-electron chi connectivity index (χ2n) is 6.07. The molecule has 0 aliphatic carbocycles. The molecule has 4 nitrogen and oxygen atoms in total. The van der Waals surface area contributed by atoms with Gasteiger partial charge in [-0.05, 0) is 29.8 Å². The number of ether oxygens (including phenoxy) is 1. The first-order chi connectivity index (χ1) is 13.4. The summed E-state index contributed by atoms with van der Waals surface area (Å²) < 4.78 is 60.3. The van der Waals surface area contributed by atoms with E-state index < -0.39 is 17.6 Å². The zero-order valence-corrected chi connectivity index (χ0v) is 14.3. The Labute approximate surface area is 157 Å². The lowest BCUT2D eigenvalue weighted by molar-refractivity contribution is -0.137. The second kappa shape index (κ2) is 6.95. The Bertz CT molecular complexity index is 1120. The number of nitrogens with zero attached hydrogens (tertiary/aromatic N) is 3. The van der Waals surface area contributed by atoms with Crippen LogP contribution in [0, 0.1) is 5.82 Å². The number of alkyl halides is 3. The lowest BCUT2D eigenvalue weighted by Crippen LogP contribution is -2.08. The van der Waals surface area contributed by atoms with Gasteiger partial charge in [0.05, 0.1) is 11.3 Å². The molecule has 0 spiro atoms. The lowest BCUT2D eigenvalue weighted by atomic mass is 10.0. The predicted molar refractivity (Wildman–Crippen MR) is 94.2 cm³/mol. The summed E-state index contributed by atoms with van der Waals surface area (Å²) in [6.45, 7) is 0.188. The SMILES string of the molecule is Fc1ccc(-c2cnc3nc(COc4ccccc4)cn3c2)c(C(F)(F)F)c1. The highest BCUT2D eigenvalue weighted by molar-refractivity contribution is 5.67. The molecule has 0 atom stereocenters. The van der Waals surface area contributed by atoms with Crippen LogP contribution in [0.5, 0.6) is 5.75 Å². The van der Waals surface area contributed by atoms with Crippen molar-refractivity contribution in [2.45, 2.75) is 12.8 Å². The largest absolute Gasteiger partial charge is 0.487 e. The second-order valence-corrected chi connectivity index (χ2v) is 6.07. The summed E-state index contributed by atoms with van der Waals surface area (Å²) >= 11 is 0. The van der Waals surface area contributed by atoms with Crippen molar-refractivity contribution in [1.82, 2.24) is 14.4 Å². The Hall–Kier alpha value is -3.42. The van der Waals surface area contributed by atoms with Crippen molar-refractivity contribution in [3.63, 3.8) is 0 Å². The Morgan fingerprint density at radius 2 is 1.79 bits per heavy atom. The molecule has 0 bridgehead atoms. The molecule has 0 aliphatic heterocycles. The molecule has 2 heterocycles. The van der Waals surface area contributed by atoms with E-state index in [1.165, 1.54) is 16.8 Å². The minimum Gasteiger partial charge on any atom is -0.487 e. The van der Waals surface area contributed by atoms with Crippen molar-refractivity contribution in [3.8, 4) is 16.9 Å². The van der Waals surface area contributed by atoms with Gasteiger partial charge in [-0.25, -0.2) is 14.4 Å². The molecule has 0 N–H and O–H groups in total. The molecular weight excluding hydrogens is 374 g/mol. The maximum Gasteiger partial charge on any atom is 0.417 e. The summed E-state index contributed by atoms with van der Waals surface area (Å²) in [5, 5.41) is 0. The van der Waals surface area contributed by atoms with Crippen LogP contribution in [-0.4, -0.2) is 14.4 Å². The molecule has 0 aliphatic rings. The Morgan fingerprint density at radius 1 is 1.00 bits per heavy atom. The smallest absolute Gasteiger partial charge is 0.417 e. The van der Waals surface area contributed by atoms with Crippen LogP contribution < -0.4 is 4.74 Å². The fraction of sp³-hybridized carbons (Fsp3) is 0.100. The number of hydrogen-bond donors (Lipinski definition) is 0. The van der Waals surface area contributed by atoms with Gasteiger partial charge in [0.2, 0.25) is 5.78 Å². The Kier molecular flexibility index (Phi) is 4.46. The van der Waals surface area contributed by atoms with Gasteiger partial charge >= 0.3 is 6.18 Å². The van der Waals surface area contributed by atoms with Gasteiger partial charge in [0.15, 0.2) is 0 Å². The highest BCUT2D eigenvalue weighted by Gasteiger charge is 2.34. The fourth-order valence-electron chi connectivity index (χ4n) is 2.82. The highest BCUT2D eigenvalue weighted by atomic mass is 19.4. The molecular formula is C20H13F4N3O. The Morgan fingerprint density at radius 3 is 2.54 bits per heavy atom. The maximum atomic E-state index is 13.3. The molecule has 4 rings (SSSR count). The number of hydrogen-bond acceptors (Lipinski definition) is 3. The lowest BCUT2D eigenvalue weighted by Gasteiger charge is -2.13. The molecule has 0 fully saturated rings. The van der Waals surface area contributed by atoms with Gasteiger partial charge in [-0.1, -0.05) is 24.3 Å². The third-order valence-electron chi connectivity index (χ3n) is 4.09. The number of aromatic nitrogens is 3. The van der Waals surface area contributed by atoms with E-state index in [0.29, 0.717) is 23.3 Å². The average molecular weight is 387 g/mol. The molecule has 0 saturated heterocycles. The van der Waals surface area contributed by atoms with E-state index >= 15 is 0 Å². The van der Waals surface area contributed by atoms with Crippen LogP contribution in [0.2, 0.25) is 0 Å². The van der Waals surface area contributed by atoms with E-state index in [4.69, 9.17) is 4.74 Å². The molecule has 0 unspecified atom stereocenters. The van der Waals surface area contributed by atoms with Gasteiger partial charge < -0.3 is 4.74 Å². The molecule has 0 radical (unpaired) electrons. The first-order valence-corrected chi connectivity index (χ1v) is 8.29. The van der Waals surface area contributed by atoms with Crippen LogP contribution in [0.25, 0.3) is 16.9 Å². The highest BCUT2D eigenvalue weighted by Crippen LogP contribution is 2.37. The summed E-state index contributed by atoms with van der Waals surface area (Å²) in [4.78, 5) is 8.41. The molecule has 0 amide bonds. The van der Waals surface area contributed by atoms with Gasteiger partial charge in [0.1, 0.15) is 18.2 Å². The van der Waals surface area contributed by atoms with Gasteiger partial charge in [-0.2, -0.15) is 13.2 Å². The van der Waals surface area contributed by atoms with Crippen LogP contribution in [-0.2, 0) is 12.8 Å². The van der Waals surface area contributed by atoms with Crippen LogP contribution in [0.4, 0.5) is 17.6 Å². The molecule has 28 heavy (non-hydrogen) atoms. The third kappa shape index (κ3) is 3.66. The van der Waals surface area contributed by atoms with Crippen LogP contribution in [0.1, 0.15) is 11.3 Å². The molecule has 8 heteroatoms. The van der Waals surface area contributed by atoms with Crippen molar-refractivity contribution in [3.05, 3.63) is 84.2 Å². The van der Waals surface area contributed by atoms with Crippen molar-refractivity contribution in [1.29, 1.82) is 0 Å². The van der Waals surface area contributed by atoms with Crippen molar-refractivity contribution in [2.75, 3.05) is 0 Å². The molecule has 4 aromatic rings. The number of rotatable bonds is 4. The fourth-order valence-corrected chi connectivity index (χ4v) is 2.82. The number of fused-ring (bicyclic) bond motifs is 1. The first kappa shape index (κ1) is 18.0. The average Bonchev–Trinajstić information content (AvgIpc) is 3.08. The first-order valence-electron chi connectivity index (χ1n) is 8.29. The minimum absolute atomic E-state index is 0.154. The van der Waals surface area contributed by atoms with Gasteiger partial charge in [0, 0.05) is 24.2 Å². The van der Waals surface area contributed by atoms with E-state index in [1.54, 1.807) is 18.3 Å². The summed E-state index contributed by atoms with van der Waals surface area (Å²) in [6.07, 6.45) is -0.294. The van der Waals surface area contributed by atoms with Crippen LogP contribution >= 0.6 is 0 Å². The monoisotopic (exact) mass is 387 g/mol. The normalized spacial score (nSPS) is 11.7. The zero-order valence-electron chi connectivity index (χ0n) is 14.3. The quantitative estimate of drug-likeness (QED) is 0.456. The van der Waals surface area contributed by atoms with E-state index in [9.17, 15) is 17.6 Å². The van der Waals surface area contributed by atoms with Gasteiger partial charge in [-0.15, -0.1) is 0 Å². The van der Waals surface area contributed by atoms with Gasteiger partial charge in [0.25, 0.3) is 0 Å². The van der Waals surface area contributed by atoms with Crippen molar-refractivity contribution < 1.29 is 22.3 Å². The van der Waals surface area contributed by atoms with Crippen LogP contribution in [0.3, 0.4) is 0 Å². The minimum atomic E-state index is -4.68. The number of para-hydroxylation sites is 1. The van der Waals surface area contributed by atoms with Crippen LogP contribution in [0.15, 0.2) is 67.1 Å². The molecule has 142 valence electrons. The molecule has 0 saturated carbocycles. The molecule has 2 aromatic carbocycles. The summed E-state index contributed by atoms with van der Waals surface area (Å²) in [7, 11) is 0. The van der Waals surface area contributed by atoms with E-state index in [2.05, 4.69) is 9.97 Å². The number of halogens is 4. The van der Waals surface area contributed by atoms with E-state index in [0.717, 1.165) is 12.1 Å². The van der Waals surface area contributed by atoms with Gasteiger partial charge in [-0.3, -0.25) is 4.40 Å². The van der Waals surface area contributed by atoms with Crippen molar-refractivity contribution in [2.24, 2.45) is 0 Å². The van der Waals surface area contributed by atoms with Crippen molar-refractivity contribution >= 4 is 5.78 Å². The topological polar surface area (TPSA) is 39.4 Å².